The Kier molecular flexibility index (Phi) is 9.83. The number of anilines is 5. The highest BCUT2D eigenvalue weighted by molar-refractivity contribution is 6.11. The smallest absolute Gasteiger partial charge is 0.123 e. The minimum atomic E-state index is -0.269. The van der Waals surface area contributed by atoms with E-state index in [1.54, 1.807) is 12.1 Å². The molecule has 2 aliphatic carbocycles. The fraction of sp³-hybridized carbons (Fsp3) is 0.0794. The molecule has 0 fully saturated rings. The van der Waals surface area contributed by atoms with E-state index in [1.807, 2.05) is 18.2 Å². The van der Waals surface area contributed by atoms with Crippen LogP contribution in [0.2, 0.25) is 0 Å². The molecule has 1 aromatic heterocycles. The van der Waals surface area contributed by atoms with Crippen LogP contribution in [0.25, 0.3) is 60.9 Å². The van der Waals surface area contributed by atoms with Crippen molar-refractivity contribution < 1.29 is 4.39 Å². The maximum absolute atomic E-state index is 14.6. The normalized spacial score (nSPS) is 13.6. The average Bonchev–Trinajstić information content (AvgIpc) is 3.83. The van der Waals surface area contributed by atoms with Crippen LogP contribution in [0.1, 0.15) is 37.8 Å². The lowest BCUT2D eigenvalue weighted by atomic mass is 9.82. The summed E-state index contributed by atoms with van der Waals surface area (Å²) in [4.78, 5) is 4.68. The highest BCUT2D eigenvalue weighted by Gasteiger charge is 2.36. The molecule has 67 heavy (non-hydrogen) atoms. The first kappa shape index (κ1) is 40.3. The Labute approximate surface area is 391 Å². The first-order chi connectivity index (χ1) is 32.9. The molecule has 2 aliphatic rings. The van der Waals surface area contributed by atoms with Crippen LogP contribution < -0.4 is 9.80 Å². The topological polar surface area (TPSA) is 11.4 Å². The van der Waals surface area contributed by atoms with Gasteiger partial charge in [0.15, 0.2) is 0 Å². The molecule has 0 bridgehead atoms. The quantitative estimate of drug-likeness (QED) is 0.143. The number of hydrogen-bond donors (Lipinski definition) is 0. The van der Waals surface area contributed by atoms with E-state index in [0.717, 1.165) is 74.8 Å². The lowest BCUT2D eigenvalue weighted by molar-refractivity contribution is 0.628. The predicted octanol–water partition coefficient (Wildman–Crippen LogP) is 17.4. The minimum absolute atomic E-state index is 0.150. The van der Waals surface area contributed by atoms with Gasteiger partial charge in [0.05, 0.1) is 16.7 Å². The van der Waals surface area contributed by atoms with Crippen molar-refractivity contribution in [2.24, 2.45) is 0 Å². The molecule has 0 aliphatic heterocycles. The number of allylic oxidation sites excluding steroid dienone is 3. The second kappa shape index (κ2) is 16.3. The number of aromatic nitrogens is 1. The van der Waals surface area contributed by atoms with Gasteiger partial charge in [0.25, 0.3) is 0 Å². The maximum atomic E-state index is 14.6. The molecule has 0 saturated carbocycles. The molecule has 10 aromatic rings. The van der Waals surface area contributed by atoms with Crippen LogP contribution in [0.15, 0.2) is 236 Å². The van der Waals surface area contributed by atoms with E-state index < -0.39 is 0 Å². The third-order valence-corrected chi connectivity index (χ3v) is 13.9. The molecule has 0 atom stereocenters. The summed E-state index contributed by atoms with van der Waals surface area (Å²) in [5, 5.41) is 2.35. The highest BCUT2D eigenvalue weighted by Crippen LogP contribution is 2.51. The van der Waals surface area contributed by atoms with Crippen molar-refractivity contribution in [3.05, 3.63) is 253 Å². The molecular weight excluding hydrogens is 818 g/mol. The van der Waals surface area contributed by atoms with Crippen LogP contribution in [0.4, 0.5) is 32.8 Å². The molecule has 322 valence electrons. The average molecular weight is 866 g/mol. The van der Waals surface area contributed by atoms with Crippen molar-refractivity contribution in [3.8, 4) is 39.1 Å². The molecule has 1 heterocycles. The fourth-order valence-electron chi connectivity index (χ4n) is 10.6. The summed E-state index contributed by atoms with van der Waals surface area (Å²) in [6, 6.07) is 75.0. The second-order valence-corrected chi connectivity index (χ2v) is 18.2. The van der Waals surface area contributed by atoms with E-state index in [0.29, 0.717) is 0 Å². The van der Waals surface area contributed by atoms with Gasteiger partial charge in [-0.15, -0.1) is 0 Å². The maximum Gasteiger partial charge on any atom is 0.123 e. The van der Waals surface area contributed by atoms with Crippen LogP contribution in [-0.4, -0.2) is 4.57 Å². The summed E-state index contributed by atoms with van der Waals surface area (Å²) >= 11 is 0. The Balaban J connectivity index is 1.07. The van der Waals surface area contributed by atoms with Gasteiger partial charge in [0, 0.05) is 55.9 Å². The van der Waals surface area contributed by atoms with Crippen molar-refractivity contribution in [2.45, 2.75) is 32.1 Å². The van der Waals surface area contributed by atoms with Crippen molar-refractivity contribution in [1.82, 2.24) is 4.57 Å². The number of rotatable bonds is 9. The molecule has 3 nitrogen and oxygen atoms in total. The highest BCUT2D eigenvalue weighted by atomic mass is 19.1. The van der Waals surface area contributed by atoms with Crippen LogP contribution in [0.5, 0.6) is 0 Å². The zero-order valence-corrected chi connectivity index (χ0v) is 37.6. The minimum Gasteiger partial charge on any atom is -0.311 e. The monoisotopic (exact) mass is 865 g/mol. The summed E-state index contributed by atoms with van der Waals surface area (Å²) in [5.74, 6) is -0.269. The molecule has 0 spiro atoms. The first-order valence-electron chi connectivity index (χ1n) is 23.3. The van der Waals surface area contributed by atoms with Crippen molar-refractivity contribution in [1.29, 1.82) is 0 Å². The molecule has 0 unspecified atom stereocenters. The van der Waals surface area contributed by atoms with Gasteiger partial charge in [0.2, 0.25) is 0 Å². The van der Waals surface area contributed by atoms with Crippen LogP contribution in [0.3, 0.4) is 0 Å². The second-order valence-electron chi connectivity index (χ2n) is 18.2. The fourth-order valence-corrected chi connectivity index (χ4v) is 10.6. The van der Waals surface area contributed by atoms with E-state index in [-0.39, 0.29) is 11.2 Å². The number of benzene rings is 9. The van der Waals surface area contributed by atoms with E-state index in [1.165, 1.54) is 44.2 Å². The Morgan fingerprint density at radius 2 is 1.07 bits per heavy atom. The molecule has 0 radical (unpaired) electrons. The van der Waals surface area contributed by atoms with E-state index >= 15 is 0 Å². The molecule has 0 N–H and O–H groups in total. The van der Waals surface area contributed by atoms with Crippen molar-refractivity contribution in [3.63, 3.8) is 0 Å². The summed E-state index contributed by atoms with van der Waals surface area (Å²) < 4.78 is 17.0. The Morgan fingerprint density at radius 1 is 0.448 bits per heavy atom. The van der Waals surface area contributed by atoms with Gasteiger partial charge in [-0.05, 0) is 155 Å². The first-order valence-corrected chi connectivity index (χ1v) is 23.3. The van der Waals surface area contributed by atoms with Gasteiger partial charge >= 0.3 is 0 Å². The number of halogens is 1. The van der Waals surface area contributed by atoms with Crippen molar-refractivity contribution >= 4 is 50.2 Å². The van der Waals surface area contributed by atoms with Gasteiger partial charge in [-0.25, -0.2) is 4.39 Å². The summed E-state index contributed by atoms with van der Waals surface area (Å²) in [5.41, 5.74) is 19.2. The lowest BCUT2D eigenvalue weighted by Gasteiger charge is -2.32. The van der Waals surface area contributed by atoms with Crippen LogP contribution >= 0.6 is 0 Å². The number of nitrogens with zero attached hydrogens (tertiary/aromatic N) is 3. The molecule has 0 amide bonds. The van der Waals surface area contributed by atoms with Gasteiger partial charge < -0.3 is 14.4 Å². The molecule has 4 heteroatoms. The lowest BCUT2D eigenvalue weighted by Crippen LogP contribution is -2.19. The molecule has 9 aromatic carbocycles. The number of hydrogen-bond acceptors (Lipinski definition) is 2. The van der Waals surface area contributed by atoms with Crippen LogP contribution in [0, 0.1) is 5.82 Å². The Morgan fingerprint density at radius 3 is 1.87 bits per heavy atom. The predicted molar refractivity (Wildman–Crippen MR) is 279 cm³/mol. The number of para-hydroxylation sites is 2. The van der Waals surface area contributed by atoms with Crippen molar-refractivity contribution in [2.75, 3.05) is 9.80 Å². The van der Waals surface area contributed by atoms with Crippen LogP contribution in [-0.2, 0) is 5.41 Å². The van der Waals surface area contributed by atoms with Gasteiger partial charge in [-0.1, -0.05) is 141 Å². The molecular formula is C63H48FN3. The zero-order chi connectivity index (χ0) is 45.1. The third-order valence-electron chi connectivity index (χ3n) is 13.9. The van der Waals surface area contributed by atoms with Gasteiger partial charge in [0.1, 0.15) is 5.82 Å². The summed E-state index contributed by atoms with van der Waals surface area (Å²) in [7, 11) is 0. The Hall–Kier alpha value is -8.21. The molecule has 0 saturated heterocycles. The van der Waals surface area contributed by atoms with E-state index in [9.17, 15) is 4.39 Å². The zero-order valence-electron chi connectivity index (χ0n) is 37.6. The largest absolute Gasteiger partial charge is 0.311 e. The Bertz CT molecular complexity index is 3540. The van der Waals surface area contributed by atoms with E-state index in [4.69, 9.17) is 0 Å². The number of fused-ring (bicyclic) bond motifs is 6. The standard InChI is InChI=1S/C63H48FN3/c1-63(2)58-24-14-12-22-53(58)54-37-35-52(42-59(54)63)65(47-18-8-4-9-19-47)51-36-39-61(66(48-20-10-5-11-21-48)49-33-29-46(64)30-34-49)56(41-51)45-28-38-62-57(40-45)55-23-13-15-25-60(55)67(62)50-31-26-44(27-32-50)43-16-6-3-7-17-43/h3,5-8,10-42H,4,9H2,1-2H3. The summed E-state index contributed by atoms with van der Waals surface area (Å²) in [6.07, 6.45) is 8.91. The van der Waals surface area contributed by atoms with Gasteiger partial charge in [-0.2, -0.15) is 0 Å². The van der Waals surface area contributed by atoms with E-state index in [2.05, 4.69) is 228 Å². The molecule has 12 rings (SSSR count). The SMILES string of the molecule is CC1(C)c2ccccc2-c2ccc(N(C3=CCCC=C3)c3ccc(N(c4ccccc4)c4ccc(F)cc4)c(-c4ccc5c(c4)c4ccccc4n5-c4ccc(-c5ccccc5)cc4)c3)cc21. The summed E-state index contributed by atoms with van der Waals surface area (Å²) in [6.45, 7) is 4.69. The van der Waals surface area contributed by atoms with Gasteiger partial charge in [-0.3, -0.25) is 0 Å². The third kappa shape index (κ3) is 6.96.